The van der Waals surface area contributed by atoms with Crippen molar-refractivity contribution < 1.29 is 14.9 Å². The predicted octanol–water partition coefficient (Wildman–Crippen LogP) is -0.205. The monoisotopic (exact) mass is 189 g/mol. The average molecular weight is 189 g/mol. The minimum atomic E-state index is -0.749. The van der Waals surface area contributed by atoms with E-state index in [1.54, 1.807) is 6.92 Å². The maximum Gasteiger partial charge on any atom is 0.113 e. The minimum Gasteiger partial charge on any atom is -0.390 e. The van der Waals surface area contributed by atoms with Crippen molar-refractivity contribution in [2.45, 2.75) is 44.8 Å². The molecule has 4 nitrogen and oxygen atoms in total. The lowest BCUT2D eigenvalue weighted by Crippen LogP contribution is -2.51. The van der Waals surface area contributed by atoms with Crippen LogP contribution in [0, 0.1) is 0 Å². The van der Waals surface area contributed by atoms with Crippen LogP contribution < -0.4 is 0 Å². The van der Waals surface area contributed by atoms with Gasteiger partial charge in [0.1, 0.15) is 12.3 Å². The first-order valence-electron chi connectivity index (χ1n) is 4.78. The van der Waals surface area contributed by atoms with Gasteiger partial charge in [-0.1, -0.05) is 6.92 Å². The molecule has 0 saturated carbocycles. The summed E-state index contributed by atoms with van der Waals surface area (Å²) in [6, 6.07) is 0. The Balaban J connectivity index is 2.53. The van der Waals surface area contributed by atoms with Gasteiger partial charge in [-0.3, -0.25) is 4.90 Å². The maximum absolute atomic E-state index is 9.51. The third-order valence-electron chi connectivity index (χ3n) is 2.68. The fourth-order valence-corrected chi connectivity index (χ4v) is 1.53. The van der Waals surface area contributed by atoms with E-state index in [1.807, 2.05) is 18.9 Å². The van der Waals surface area contributed by atoms with E-state index >= 15 is 0 Å². The normalized spacial score (nSPS) is 41.1. The van der Waals surface area contributed by atoms with Gasteiger partial charge in [0, 0.05) is 6.42 Å². The number of rotatable bonds is 2. The molecule has 78 valence electrons. The van der Waals surface area contributed by atoms with Gasteiger partial charge in [0.2, 0.25) is 0 Å². The standard InChI is InChI=1S/C9H19NO3/c1-4-10(3)8-5-7(11)9(12)6(2)13-8/h6-9,11-12H,4-5H2,1-3H3/t6?,7-,8-,9+/m0/s1. The van der Waals surface area contributed by atoms with E-state index in [4.69, 9.17) is 4.74 Å². The molecule has 0 aromatic rings. The van der Waals surface area contributed by atoms with Crippen LogP contribution in [0.5, 0.6) is 0 Å². The molecule has 4 atom stereocenters. The van der Waals surface area contributed by atoms with Gasteiger partial charge < -0.3 is 14.9 Å². The van der Waals surface area contributed by atoms with Crippen LogP contribution in [0.3, 0.4) is 0 Å². The molecule has 1 aliphatic rings. The first-order chi connectivity index (χ1) is 6.06. The maximum atomic E-state index is 9.51. The highest BCUT2D eigenvalue weighted by molar-refractivity contribution is 4.82. The van der Waals surface area contributed by atoms with Crippen LogP contribution in [0.4, 0.5) is 0 Å². The van der Waals surface area contributed by atoms with Crippen LogP contribution in [-0.4, -0.2) is 53.2 Å². The molecule has 13 heavy (non-hydrogen) atoms. The van der Waals surface area contributed by atoms with Gasteiger partial charge in [0.15, 0.2) is 0 Å². The summed E-state index contributed by atoms with van der Waals surface area (Å²) in [5, 5.41) is 18.9. The van der Waals surface area contributed by atoms with Gasteiger partial charge in [-0.15, -0.1) is 0 Å². The highest BCUT2D eigenvalue weighted by Gasteiger charge is 2.35. The Morgan fingerprint density at radius 1 is 1.46 bits per heavy atom. The zero-order chi connectivity index (χ0) is 10.0. The quantitative estimate of drug-likeness (QED) is 0.631. The second-order valence-corrected chi connectivity index (χ2v) is 3.66. The summed E-state index contributed by atoms with van der Waals surface area (Å²) in [5.41, 5.74) is 0. The number of hydrogen-bond acceptors (Lipinski definition) is 4. The van der Waals surface area contributed by atoms with Crippen molar-refractivity contribution in [1.29, 1.82) is 0 Å². The number of aliphatic hydroxyl groups is 2. The van der Waals surface area contributed by atoms with E-state index in [-0.39, 0.29) is 12.3 Å². The fraction of sp³-hybridized carbons (Fsp3) is 1.00. The largest absolute Gasteiger partial charge is 0.390 e. The molecule has 1 heterocycles. The van der Waals surface area contributed by atoms with Crippen LogP contribution in [0.15, 0.2) is 0 Å². The highest BCUT2D eigenvalue weighted by atomic mass is 16.5. The van der Waals surface area contributed by atoms with Gasteiger partial charge in [0.25, 0.3) is 0 Å². The Bertz CT molecular complexity index is 153. The number of nitrogens with zero attached hydrogens (tertiary/aromatic N) is 1. The number of aliphatic hydroxyl groups excluding tert-OH is 2. The Hall–Kier alpha value is -0.160. The molecule has 1 fully saturated rings. The molecule has 0 bridgehead atoms. The summed E-state index contributed by atoms with van der Waals surface area (Å²) < 4.78 is 5.54. The molecule has 4 heteroatoms. The van der Waals surface area contributed by atoms with Crippen LogP contribution in [0.1, 0.15) is 20.3 Å². The zero-order valence-corrected chi connectivity index (χ0v) is 8.47. The van der Waals surface area contributed by atoms with Crippen LogP contribution in [0.25, 0.3) is 0 Å². The van der Waals surface area contributed by atoms with Crippen molar-refractivity contribution in [3.8, 4) is 0 Å². The van der Waals surface area contributed by atoms with Crippen molar-refractivity contribution in [3.05, 3.63) is 0 Å². The third-order valence-corrected chi connectivity index (χ3v) is 2.68. The molecule has 0 aromatic heterocycles. The van der Waals surface area contributed by atoms with Gasteiger partial charge in [-0.25, -0.2) is 0 Å². The predicted molar refractivity (Wildman–Crippen MR) is 49.3 cm³/mol. The molecular formula is C9H19NO3. The lowest BCUT2D eigenvalue weighted by molar-refractivity contribution is -0.198. The molecule has 1 rings (SSSR count). The molecule has 1 saturated heterocycles. The van der Waals surface area contributed by atoms with Crippen LogP contribution in [0.2, 0.25) is 0 Å². The molecule has 0 amide bonds. The van der Waals surface area contributed by atoms with Crippen LogP contribution >= 0.6 is 0 Å². The number of hydrogen-bond donors (Lipinski definition) is 2. The zero-order valence-electron chi connectivity index (χ0n) is 8.47. The molecular weight excluding hydrogens is 170 g/mol. The lowest BCUT2D eigenvalue weighted by atomic mass is 10.0. The van der Waals surface area contributed by atoms with Crippen molar-refractivity contribution in [1.82, 2.24) is 4.90 Å². The van der Waals surface area contributed by atoms with E-state index in [9.17, 15) is 10.2 Å². The summed E-state index contributed by atoms with van der Waals surface area (Å²) in [5.74, 6) is 0. The molecule has 1 unspecified atom stereocenters. The Morgan fingerprint density at radius 2 is 2.08 bits per heavy atom. The highest BCUT2D eigenvalue weighted by Crippen LogP contribution is 2.21. The molecule has 1 aliphatic heterocycles. The minimum absolute atomic E-state index is 0.0709. The first-order valence-corrected chi connectivity index (χ1v) is 4.78. The second kappa shape index (κ2) is 4.37. The van der Waals surface area contributed by atoms with Crippen molar-refractivity contribution in [3.63, 3.8) is 0 Å². The summed E-state index contributed by atoms with van der Waals surface area (Å²) in [4.78, 5) is 2.02. The molecule has 0 spiro atoms. The van der Waals surface area contributed by atoms with Crippen molar-refractivity contribution in [2.75, 3.05) is 13.6 Å². The summed E-state index contributed by atoms with van der Waals surface area (Å²) in [6.45, 7) is 4.69. The van der Waals surface area contributed by atoms with E-state index < -0.39 is 12.2 Å². The van der Waals surface area contributed by atoms with E-state index in [1.165, 1.54) is 0 Å². The van der Waals surface area contributed by atoms with Crippen molar-refractivity contribution >= 4 is 0 Å². The smallest absolute Gasteiger partial charge is 0.113 e. The Kier molecular flexibility index (Phi) is 3.67. The second-order valence-electron chi connectivity index (χ2n) is 3.66. The third kappa shape index (κ3) is 2.40. The Morgan fingerprint density at radius 3 is 2.54 bits per heavy atom. The van der Waals surface area contributed by atoms with Crippen LogP contribution in [-0.2, 0) is 4.74 Å². The molecule has 0 aromatic carbocycles. The number of ether oxygens (including phenoxy) is 1. The lowest BCUT2D eigenvalue weighted by Gasteiger charge is -2.39. The summed E-state index contributed by atoms with van der Waals surface area (Å²) >= 11 is 0. The van der Waals surface area contributed by atoms with Gasteiger partial charge in [-0.05, 0) is 20.5 Å². The topological polar surface area (TPSA) is 52.9 Å². The Labute approximate surface area is 79.1 Å². The van der Waals surface area contributed by atoms with Gasteiger partial charge in [0.05, 0.1) is 12.2 Å². The van der Waals surface area contributed by atoms with E-state index in [0.29, 0.717) is 6.42 Å². The van der Waals surface area contributed by atoms with E-state index in [2.05, 4.69) is 0 Å². The van der Waals surface area contributed by atoms with E-state index in [0.717, 1.165) is 6.54 Å². The van der Waals surface area contributed by atoms with Crippen molar-refractivity contribution in [2.24, 2.45) is 0 Å². The molecule has 0 radical (unpaired) electrons. The molecule has 0 aliphatic carbocycles. The molecule has 2 N–H and O–H groups in total. The fourth-order valence-electron chi connectivity index (χ4n) is 1.53. The van der Waals surface area contributed by atoms with Gasteiger partial charge in [-0.2, -0.15) is 0 Å². The summed E-state index contributed by atoms with van der Waals surface area (Å²) in [6.07, 6.45) is -1.29. The SMILES string of the molecule is CCN(C)[C@@H]1C[C@H](O)[C@H](O)C(C)O1. The van der Waals surface area contributed by atoms with Gasteiger partial charge >= 0.3 is 0 Å². The average Bonchev–Trinajstić information content (AvgIpc) is 2.12. The first kappa shape index (κ1) is 10.9. The summed E-state index contributed by atoms with van der Waals surface area (Å²) in [7, 11) is 1.95.